The predicted octanol–water partition coefficient (Wildman–Crippen LogP) is 1.08. The topological polar surface area (TPSA) is 80.6 Å². The number of carbonyl (C=O) groups is 1. The zero-order valence-corrected chi connectivity index (χ0v) is 14.4. The van der Waals surface area contributed by atoms with Crippen LogP contribution in [0.3, 0.4) is 0 Å². The lowest BCUT2D eigenvalue weighted by atomic mass is 10.2. The molecule has 1 aromatic carbocycles. The Morgan fingerprint density at radius 2 is 2.16 bits per heavy atom. The molecule has 0 unspecified atom stereocenters. The lowest BCUT2D eigenvalue weighted by Gasteiger charge is -2.28. The molecule has 1 aromatic rings. The molecule has 8 heteroatoms. The molecule has 0 radical (unpaired) electrons. The summed E-state index contributed by atoms with van der Waals surface area (Å²) in [7, 11) is 1.75. The second kappa shape index (κ2) is 9.81. The van der Waals surface area contributed by atoms with Gasteiger partial charge in [-0.15, -0.1) is 0 Å². The number of benzene rings is 1. The Kier molecular flexibility index (Phi) is 7.44. The summed E-state index contributed by atoms with van der Waals surface area (Å²) in [6, 6.07) is 6.10. The Labute approximate surface area is 147 Å². The van der Waals surface area contributed by atoms with Crippen LogP contribution in [0.2, 0.25) is 0 Å². The van der Waals surface area contributed by atoms with E-state index in [1.807, 2.05) is 6.07 Å². The van der Waals surface area contributed by atoms with Gasteiger partial charge in [-0.1, -0.05) is 6.07 Å². The maximum Gasteiger partial charge on any atom is 0.317 e. The number of urea groups is 1. The van der Waals surface area contributed by atoms with Crippen molar-refractivity contribution in [3.05, 3.63) is 29.6 Å². The number of halogens is 1. The first kappa shape index (κ1) is 19.0. The zero-order chi connectivity index (χ0) is 18.1. The smallest absolute Gasteiger partial charge is 0.317 e. The number of nitrogens with zero attached hydrogens (tertiary/aromatic N) is 3. The van der Waals surface area contributed by atoms with Gasteiger partial charge in [-0.25, -0.2) is 9.18 Å². The number of hydrogen-bond donors (Lipinski definition) is 2. The highest BCUT2D eigenvalue weighted by atomic mass is 19.1. The van der Waals surface area contributed by atoms with Gasteiger partial charge >= 0.3 is 6.03 Å². The van der Waals surface area contributed by atoms with Crippen molar-refractivity contribution in [3.63, 3.8) is 0 Å². The SMILES string of the molecule is CN(CCN1CCOCC1)C(=O)NCCNc1cccc(F)c1C#N. The van der Waals surface area contributed by atoms with E-state index in [2.05, 4.69) is 15.5 Å². The summed E-state index contributed by atoms with van der Waals surface area (Å²) in [5.41, 5.74) is 0.411. The molecule has 0 aliphatic carbocycles. The van der Waals surface area contributed by atoms with Gasteiger partial charge in [0.25, 0.3) is 0 Å². The van der Waals surface area contributed by atoms with E-state index in [1.165, 1.54) is 12.1 Å². The van der Waals surface area contributed by atoms with Gasteiger partial charge in [-0.2, -0.15) is 5.26 Å². The molecule has 1 saturated heterocycles. The van der Waals surface area contributed by atoms with Crippen molar-refractivity contribution >= 4 is 11.7 Å². The van der Waals surface area contributed by atoms with Gasteiger partial charge in [-0.3, -0.25) is 4.90 Å². The molecule has 1 fully saturated rings. The Bertz CT molecular complexity index is 614. The van der Waals surface area contributed by atoms with E-state index in [0.717, 1.165) is 32.8 Å². The van der Waals surface area contributed by atoms with Crippen molar-refractivity contribution in [1.29, 1.82) is 5.26 Å². The monoisotopic (exact) mass is 349 g/mol. The van der Waals surface area contributed by atoms with Crippen LogP contribution in [0.5, 0.6) is 0 Å². The van der Waals surface area contributed by atoms with Gasteiger partial charge in [0.05, 0.1) is 18.9 Å². The van der Waals surface area contributed by atoms with E-state index in [-0.39, 0.29) is 11.6 Å². The fourth-order valence-electron chi connectivity index (χ4n) is 2.50. The fourth-order valence-corrected chi connectivity index (χ4v) is 2.50. The minimum absolute atomic E-state index is 0.0172. The van der Waals surface area contributed by atoms with Gasteiger partial charge in [0.2, 0.25) is 0 Å². The Balaban J connectivity index is 1.66. The minimum atomic E-state index is -0.556. The third kappa shape index (κ3) is 5.89. The molecule has 0 aromatic heterocycles. The number of ether oxygens (including phenoxy) is 1. The van der Waals surface area contributed by atoms with Crippen LogP contribution in [-0.4, -0.2) is 75.4 Å². The van der Waals surface area contributed by atoms with Crippen molar-refractivity contribution in [2.75, 3.05) is 64.8 Å². The van der Waals surface area contributed by atoms with Gasteiger partial charge < -0.3 is 20.3 Å². The first-order valence-electron chi connectivity index (χ1n) is 8.33. The largest absolute Gasteiger partial charge is 0.382 e. The Morgan fingerprint density at radius 1 is 1.40 bits per heavy atom. The molecular formula is C17H24FN5O2. The summed E-state index contributed by atoms with van der Waals surface area (Å²) in [6.45, 7) is 5.52. The molecule has 2 N–H and O–H groups in total. The van der Waals surface area contributed by atoms with Crippen molar-refractivity contribution in [3.8, 4) is 6.07 Å². The summed E-state index contributed by atoms with van der Waals surface area (Å²) < 4.78 is 18.8. The van der Waals surface area contributed by atoms with E-state index in [0.29, 0.717) is 25.3 Å². The molecule has 25 heavy (non-hydrogen) atoms. The number of amides is 2. The molecule has 1 aliphatic rings. The van der Waals surface area contributed by atoms with Gasteiger partial charge in [0.1, 0.15) is 17.4 Å². The predicted molar refractivity (Wildman–Crippen MR) is 92.9 cm³/mol. The van der Waals surface area contributed by atoms with Crippen molar-refractivity contribution in [2.45, 2.75) is 0 Å². The lowest BCUT2D eigenvalue weighted by molar-refractivity contribution is 0.0357. The summed E-state index contributed by atoms with van der Waals surface area (Å²) >= 11 is 0. The molecule has 0 spiro atoms. The molecule has 0 saturated carbocycles. The number of anilines is 1. The molecule has 1 aliphatic heterocycles. The quantitative estimate of drug-likeness (QED) is 0.720. The van der Waals surface area contributed by atoms with Crippen molar-refractivity contribution < 1.29 is 13.9 Å². The average Bonchev–Trinajstić information content (AvgIpc) is 2.64. The maximum absolute atomic E-state index is 13.5. The first-order valence-corrected chi connectivity index (χ1v) is 8.33. The van der Waals surface area contributed by atoms with Crippen LogP contribution in [0, 0.1) is 17.1 Å². The third-order valence-electron chi connectivity index (χ3n) is 4.04. The van der Waals surface area contributed by atoms with Crippen LogP contribution in [0.4, 0.5) is 14.9 Å². The number of carbonyl (C=O) groups excluding carboxylic acids is 1. The van der Waals surface area contributed by atoms with E-state index in [1.54, 1.807) is 18.0 Å². The highest BCUT2D eigenvalue weighted by Crippen LogP contribution is 2.17. The molecule has 7 nitrogen and oxygen atoms in total. The van der Waals surface area contributed by atoms with Crippen LogP contribution in [-0.2, 0) is 4.74 Å². The summed E-state index contributed by atoms with van der Waals surface area (Å²) in [5, 5.41) is 14.7. The normalized spacial score (nSPS) is 14.6. The van der Waals surface area contributed by atoms with E-state index in [9.17, 15) is 9.18 Å². The Morgan fingerprint density at radius 3 is 2.88 bits per heavy atom. The minimum Gasteiger partial charge on any atom is -0.382 e. The number of likely N-dealkylation sites (N-methyl/N-ethyl adjacent to an activating group) is 1. The fraction of sp³-hybridized carbons (Fsp3) is 0.529. The molecule has 2 rings (SSSR count). The van der Waals surface area contributed by atoms with Crippen LogP contribution < -0.4 is 10.6 Å². The van der Waals surface area contributed by atoms with Crippen LogP contribution in [0.1, 0.15) is 5.56 Å². The van der Waals surface area contributed by atoms with Gasteiger partial charge in [0.15, 0.2) is 0 Å². The van der Waals surface area contributed by atoms with E-state index < -0.39 is 5.82 Å². The summed E-state index contributed by atoms with van der Waals surface area (Å²) in [6.07, 6.45) is 0. The number of nitrogens with one attached hydrogen (secondary N) is 2. The second-order valence-corrected chi connectivity index (χ2v) is 5.81. The van der Waals surface area contributed by atoms with Crippen molar-refractivity contribution in [1.82, 2.24) is 15.1 Å². The van der Waals surface area contributed by atoms with Gasteiger partial charge in [0, 0.05) is 46.3 Å². The average molecular weight is 349 g/mol. The molecule has 0 bridgehead atoms. The maximum atomic E-state index is 13.5. The van der Waals surface area contributed by atoms with Crippen molar-refractivity contribution in [2.24, 2.45) is 0 Å². The van der Waals surface area contributed by atoms with E-state index in [4.69, 9.17) is 10.00 Å². The zero-order valence-electron chi connectivity index (χ0n) is 14.4. The molecule has 0 atom stereocenters. The van der Waals surface area contributed by atoms with Crippen LogP contribution in [0.25, 0.3) is 0 Å². The molecular weight excluding hydrogens is 325 g/mol. The van der Waals surface area contributed by atoms with Gasteiger partial charge in [-0.05, 0) is 12.1 Å². The van der Waals surface area contributed by atoms with Crippen LogP contribution >= 0.6 is 0 Å². The summed E-state index contributed by atoms with van der Waals surface area (Å²) in [4.78, 5) is 15.9. The highest BCUT2D eigenvalue weighted by Gasteiger charge is 2.13. The Hall–Kier alpha value is -2.37. The number of morpholine rings is 1. The second-order valence-electron chi connectivity index (χ2n) is 5.81. The third-order valence-corrected chi connectivity index (χ3v) is 4.04. The molecule has 2 amide bonds. The highest BCUT2D eigenvalue weighted by molar-refractivity contribution is 5.73. The number of rotatable bonds is 7. The number of hydrogen-bond acceptors (Lipinski definition) is 5. The molecule has 136 valence electrons. The first-order chi connectivity index (χ1) is 12.1. The summed E-state index contributed by atoms with van der Waals surface area (Å²) in [5.74, 6) is -0.556. The van der Waals surface area contributed by atoms with E-state index >= 15 is 0 Å². The molecule has 1 heterocycles. The number of nitriles is 1. The lowest BCUT2D eigenvalue weighted by Crippen LogP contribution is -2.45. The van der Waals surface area contributed by atoms with Crippen LogP contribution in [0.15, 0.2) is 18.2 Å². The standard InChI is InChI=1S/C17H24FN5O2/c1-22(7-8-23-9-11-25-12-10-23)17(24)21-6-5-20-16-4-2-3-15(18)14(16)13-19/h2-4,20H,5-12H2,1H3,(H,21,24).